The maximum Gasteiger partial charge on any atom is 0.334 e. The molecule has 0 radical (unpaired) electrons. The Balaban J connectivity index is 1.65. The second kappa shape index (κ2) is 7.96. The van der Waals surface area contributed by atoms with Gasteiger partial charge in [-0.2, -0.15) is 0 Å². The smallest absolute Gasteiger partial charge is 0.334 e. The number of carbonyl (C=O) groups is 1. The molecule has 2 rings (SSSR count). The molecule has 0 amide bonds. The maximum atomic E-state index is 11.3. The fourth-order valence-electron chi connectivity index (χ4n) is 3.27. The van der Waals surface area contributed by atoms with Crippen LogP contribution in [0.2, 0.25) is 0 Å². The lowest BCUT2D eigenvalue weighted by Crippen LogP contribution is -2.44. The summed E-state index contributed by atoms with van der Waals surface area (Å²) in [5, 5.41) is 9.86. The molecule has 2 aliphatic heterocycles. The Morgan fingerprint density at radius 1 is 1.10 bits per heavy atom. The fraction of sp³-hybridized carbons (Fsp3) is 0.933. The summed E-state index contributed by atoms with van der Waals surface area (Å²) in [7, 11) is 1.33. The standard InChI is InChI=1S/C15H28N2O3/c1-20-15(19)14(18)13-5-9-17(10-6-13)12-11-16-7-3-2-4-8-16/h13-14,18H,2-12H2,1H3/t14-/m0/s1. The molecule has 0 aromatic rings. The molecular weight excluding hydrogens is 256 g/mol. The fourth-order valence-corrected chi connectivity index (χ4v) is 3.27. The van der Waals surface area contributed by atoms with Crippen molar-refractivity contribution in [2.45, 2.75) is 38.2 Å². The molecule has 0 bridgehead atoms. The normalized spacial score (nSPS) is 24.5. The molecular formula is C15H28N2O3. The van der Waals surface area contributed by atoms with Gasteiger partial charge in [0.2, 0.25) is 0 Å². The predicted molar refractivity (Wildman–Crippen MR) is 77.5 cm³/mol. The van der Waals surface area contributed by atoms with Gasteiger partial charge in [0.25, 0.3) is 0 Å². The van der Waals surface area contributed by atoms with Crippen molar-refractivity contribution in [2.24, 2.45) is 5.92 Å². The van der Waals surface area contributed by atoms with Crippen LogP contribution in [0, 0.1) is 5.92 Å². The van der Waals surface area contributed by atoms with E-state index in [0.29, 0.717) is 0 Å². The molecule has 0 aromatic heterocycles. The highest BCUT2D eigenvalue weighted by molar-refractivity contribution is 5.74. The summed E-state index contributed by atoms with van der Waals surface area (Å²) >= 11 is 0. The molecule has 2 fully saturated rings. The Bertz CT molecular complexity index is 297. The van der Waals surface area contributed by atoms with Crippen molar-refractivity contribution < 1.29 is 14.6 Å². The van der Waals surface area contributed by atoms with Crippen LogP contribution in [0.5, 0.6) is 0 Å². The van der Waals surface area contributed by atoms with Crippen LogP contribution in [-0.2, 0) is 9.53 Å². The van der Waals surface area contributed by atoms with Crippen molar-refractivity contribution in [3.05, 3.63) is 0 Å². The number of esters is 1. The van der Waals surface area contributed by atoms with Gasteiger partial charge in [-0.1, -0.05) is 6.42 Å². The Hall–Kier alpha value is -0.650. The van der Waals surface area contributed by atoms with E-state index >= 15 is 0 Å². The summed E-state index contributed by atoms with van der Waals surface area (Å²) in [4.78, 5) is 16.3. The van der Waals surface area contributed by atoms with Crippen LogP contribution in [0.1, 0.15) is 32.1 Å². The molecule has 0 aromatic carbocycles. The van der Waals surface area contributed by atoms with Crippen molar-refractivity contribution in [1.29, 1.82) is 0 Å². The first kappa shape index (κ1) is 15.7. The molecule has 1 atom stereocenters. The number of piperidine rings is 2. The van der Waals surface area contributed by atoms with Gasteiger partial charge in [0, 0.05) is 13.1 Å². The lowest BCUT2D eigenvalue weighted by atomic mass is 9.91. The molecule has 1 N–H and O–H groups in total. The first-order valence-electron chi connectivity index (χ1n) is 7.91. The number of nitrogens with zero attached hydrogens (tertiary/aromatic N) is 2. The average molecular weight is 284 g/mol. The van der Waals surface area contributed by atoms with E-state index in [1.807, 2.05) is 0 Å². The Morgan fingerprint density at radius 3 is 2.20 bits per heavy atom. The largest absolute Gasteiger partial charge is 0.467 e. The molecule has 2 aliphatic rings. The summed E-state index contributed by atoms with van der Waals surface area (Å²) < 4.78 is 4.61. The summed E-state index contributed by atoms with van der Waals surface area (Å²) in [5.41, 5.74) is 0. The van der Waals surface area contributed by atoms with Crippen LogP contribution in [0.15, 0.2) is 0 Å². The number of hydrogen-bond acceptors (Lipinski definition) is 5. The monoisotopic (exact) mass is 284 g/mol. The molecule has 2 saturated heterocycles. The third-order valence-electron chi connectivity index (χ3n) is 4.70. The number of likely N-dealkylation sites (tertiary alicyclic amines) is 2. The number of aliphatic hydroxyl groups is 1. The molecule has 0 saturated carbocycles. The van der Waals surface area contributed by atoms with Gasteiger partial charge in [-0.05, 0) is 57.8 Å². The summed E-state index contributed by atoms with van der Waals surface area (Å²) in [6.45, 7) is 6.72. The SMILES string of the molecule is COC(=O)[C@@H](O)C1CCN(CCN2CCCCC2)CC1. The first-order valence-corrected chi connectivity index (χ1v) is 7.91. The Kier molecular flexibility index (Phi) is 6.26. The molecule has 5 nitrogen and oxygen atoms in total. The lowest BCUT2D eigenvalue weighted by molar-refractivity contribution is -0.154. The minimum absolute atomic E-state index is 0.0636. The highest BCUT2D eigenvalue weighted by atomic mass is 16.5. The van der Waals surface area contributed by atoms with E-state index in [1.54, 1.807) is 0 Å². The molecule has 0 unspecified atom stereocenters. The first-order chi connectivity index (χ1) is 9.70. The molecule has 0 spiro atoms. The molecule has 116 valence electrons. The third-order valence-corrected chi connectivity index (χ3v) is 4.70. The highest BCUT2D eigenvalue weighted by Gasteiger charge is 2.30. The Morgan fingerprint density at radius 2 is 1.65 bits per heavy atom. The van der Waals surface area contributed by atoms with Gasteiger partial charge in [0.1, 0.15) is 0 Å². The van der Waals surface area contributed by atoms with Crippen LogP contribution in [0.4, 0.5) is 0 Å². The lowest BCUT2D eigenvalue weighted by Gasteiger charge is -2.35. The van der Waals surface area contributed by atoms with Gasteiger partial charge in [0.15, 0.2) is 6.10 Å². The van der Waals surface area contributed by atoms with Gasteiger partial charge < -0.3 is 19.6 Å². The van der Waals surface area contributed by atoms with Crippen molar-refractivity contribution in [3.8, 4) is 0 Å². The zero-order valence-electron chi connectivity index (χ0n) is 12.6. The van der Waals surface area contributed by atoms with Crippen LogP contribution < -0.4 is 0 Å². The zero-order chi connectivity index (χ0) is 14.4. The quantitative estimate of drug-likeness (QED) is 0.754. The molecule has 2 heterocycles. The minimum Gasteiger partial charge on any atom is -0.467 e. The van der Waals surface area contributed by atoms with Crippen molar-refractivity contribution in [1.82, 2.24) is 9.80 Å². The van der Waals surface area contributed by atoms with Crippen LogP contribution in [-0.4, -0.2) is 73.4 Å². The predicted octanol–water partition coefficient (Wildman–Crippen LogP) is 0.718. The van der Waals surface area contributed by atoms with Gasteiger partial charge >= 0.3 is 5.97 Å². The van der Waals surface area contributed by atoms with E-state index in [1.165, 1.54) is 39.5 Å². The van der Waals surface area contributed by atoms with Gasteiger partial charge in [0.05, 0.1) is 7.11 Å². The number of methoxy groups -OCH3 is 1. The summed E-state index contributed by atoms with van der Waals surface area (Å²) in [6, 6.07) is 0. The van der Waals surface area contributed by atoms with E-state index in [-0.39, 0.29) is 5.92 Å². The zero-order valence-corrected chi connectivity index (χ0v) is 12.6. The van der Waals surface area contributed by atoms with E-state index in [2.05, 4.69) is 14.5 Å². The van der Waals surface area contributed by atoms with Gasteiger partial charge in [-0.15, -0.1) is 0 Å². The topological polar surface area (TPSA) is 53.0 Å². The van der Waals surface area contributed by atoms with Gasteiger partial charge in [-0.3, -0.25) is 0 Å². The van der Waals surface area contributed by atoms with E-state index in [0.717, 1.165) is 39.0 Å². The minimum atomic E-state index is -0.941. The molecule has 0 aliphatic carbocycles. The summed E-state index contributed by atoms with van der Waals surface area (Å²) in [6.07, 6.45) is 4.89. The number of ether oxygens (including phenoxy) is 1. The van der Waals surface area contributed by atoms with Crippen molar-refractivity contribution >= 4 is 5.97 Å². The second-order valence-electron chi connectivity index (χ2n) is 6.05. The second-order valence-corrected chi connectivity index (χ2v) is 6.05. The number of rotatable bonds is 5. The van der Waals surface area contributed by atoms with Gasteiger partial charge in [-0.25, -0.2) is 4.79 Å². The maximum absolute atomic E-state index is 11.3. The Labute approximate surface area is 121 Å². The number of hydrogen-bond donors (Lipinski definition) is 1. The number of carbonyl (C=O) groups excluding carboxylic acids is 1. The van der Waals surface area contributed by atoms with Crippen molar-refractivity contribution in [3.63, 3.8) is 0 Å². The van der Waals surface area contributed by atoms with Crippen LogP contribution in [0.3, 0.4) is 0 Å². The van der Waals surface area contributed by atoms with E-state index < -0.39 is 12.1 Å². The van der Waals surface area contributed by atoms with E-state index in [4.69, 9.17) is 0 Å². The van der Waals surface area contributed by atoms with Crippen molar-refractivity contribution in [2.75, 3.05) is 46.4 Å². The average Bonchev–Trinajstić information content (AvgIpc) is 2.53. The molecule has 20 heavy (non-hydrogen) atoms. The van der Waals surface area contributed by atoms with E-state index in [9.17, 15) is 9.90 Å². The molecule has 5 heteroatoms. The highest BCUT2D eigenvalue weighted by Crippen LogP contribution is 2.21. The van der Waals surface area contributed by atoms with Crippen LogP contribution in [0.25, 0.3) is 0 Å². The number of aliphatic hydroxyl groups excluding tert-OH is 1. The van der Waals surface area contributed by atoms with Crippen LogP contribution >= 0.6 is 0 Å². The third kappa shape index (κ3) is 4.43. The summed E-state index contributed by atoms with van der Waals surface area (Å²) in [5.74, 6) is -0.426.